The standard InChI is InChI=1S/C13H19NO5/c1-8-11(18-2)4-9(5-12(8)19-3)13(17)14-6-10(16)7-15/h4-5,10,15-16H,6-7H2,1-3H3,(H,14,17). The highest BCUT2D eigenvalue weighted by atomic mass is 16.5. The molecule has 0 aliphatic carbocycles. The second-order valence-electron chi connectivity index (χ2n) is 4.05. The highest BCUT2D eigenvalue weighted by Crippen LogP contribution is 2.29. The fourth-order valence-corrected chi connectivity index (χ4v) is 1.59. The molecule has 0 fully saturated rings. The highest BCUT2D eigenvalue weighted by molar-refractivity contribution is 5.95. The van der Waals surface area contributed by atoms with Crippen molar-refractivity contribution in [1.29, 1.82) is 0 Å². The second-order valence-corrected chi connectivity index (χ2v) is 4.05. The van der Waals surface area contributed by atoms with Crippen LogP contribution in [0.4, 0.5) is 0 Å². The molecule has 3 N–H and O–H groups in total. The predicted octanol–water partition coefficient (Wildman–Crippen LogP) is 0.0952. The Morgan fingerprint density at radius 3 is 2.26 bits per heavy atom. The van der Waals surface area contributed by atoms with Gasteiger partial charge in [0.2, 0.25) is 0 Å². The van der Waals surface area contributed by atoms with Crippen molar-refractivity contribution < 1.29 is 24.5 Å². The average molecular weight is 269 g/mol. The van der Waals surface area contributed by atoms with Gasteiger partial charge in [-0.15, -0.1) is 0 Å². The average Bonchev–Trinajstić information content (AvgIpc) is 2.44. The van der Waals surface area contributed by atoms with Gasteiger partial charge in [-0.3, -0.25) is 4.79 Å². The summed E-state index contributed by atoms with van der Waals surface area (Å²) in [5, 5.41) is 20.4. The fourth-order valence-electron chi connectivity index (χ4n) is 1.59. The number of carbonyl (C=O) groups excluding carboxylic acids is 1. The van der Waals surface area contributed by atoms with Gasteiger partial charge in [0, 0.05) is 17.7 Å². The van der Waals surface area contributed by atoms with Crippen LogP contribution in [0.25, 0.3) is 0 Å². The van der Waals surface area contributed by atoms with Crippen molar-refractivity contribution >= 4 is 5.91 Å². The van der Waals surface area contributed by atoms with Gasteiger partial charge in [-0.2, -0.15) is 0 Å². The first-order chi connectivity index (χ1) is 9.03. The van der Waals surface area contributed by atoms with Crippen LogP contribution in [0.3, 0.4) is 0 Å². The Balaban J connectivity index is 2.91. The molecular weight excluding hydrogens is 250 g/mol. The van der Waals surface area contributed by atoms with Gasteiger partial charge in [-0.25, -0.2) is 0 Å². The van der Waals surface area contributed by atoms with E-state index in [1.54, 1.807) is 12.1 Å². The van der Waals surface area contributed by atoms with Gasteiger partial charge in [0.25, 0.3) is 5.91 Å². The van der Waals surface area contributed by atoms with Crippen LogP contribution in [0.1, 0.15) is 15.9 Å². The van der Waals surface area contributed by atoms with Crippen LogP contribution in [0.2, 0.25) is 0 Å². The Morgan fingerprint density at radius 2 is 1.84 bits per heavy atom. The van der Waals surface area contributed by atoms with Crippen LogP contribution >= 0.6 is 0 Å². The van der Waals surface area contributed by atoms with Gasteiger partial charge in [-0.1, -0.05) is 0 Å². The van der Waals surface area contributed by atoms with Crippen molar-refractivity contribution in [3.63, 3.8) is 0 Å². The van der Waals surface area contributed by atoms with E-state index in [0.29, 0.717) is 17.1 Å². The number of benzene rings is 1. The van der Waals surface area contributed by atoms with Gasteiger partial charge in [0.05, 0.1) is 26.9 Å². The second kappa shape index (κ2) is 6.96. The minimum absolute atomic E-state index is 0.0200. The lowest BCUT2D eigenvalue weighted by atomic mass is 10.1. The number of methoxy groups -OCH3 is 2. The maximum Gasteiger partial charge on any atom is 0.251 e. The van der Waals surface area contributed by atoms with Crippen LogP contribution in [-0.4, -0.2) is 49.6 Å². The lowest BCUT2D eigenvalue weighted by Crippen LogP contribution is -2.33. The summed E-state index contributed by atoms with van der Waals surface area (Å²) in [6.45, 7) is 1.41. The molecule has 0 radical (unpaired) electrons. The smallest absolute Gasteiger partial charge is 0.251 e. The Hall–Kier alpha value is -1.79. The summed E-state index contributed by atoms with van der Waals surface area (Å²) >= 11 is 0. The maximum atomic E-state index is 11.9. The summed E-state index contributed by atoms with van der Waals surface area (Å²) in [7, 11) is 3.03. The molecule has 1 unspecified atom stereocenters. The SMILES string of the molecule is COc1cc(C(=O)NCC(O)CO)cc(OC)c1C. The number of amides is 1. The van der Waals surface area contributed by atoms with E-state index in [1.165, 1.54) is 14.2 Å². The third-order valence-electron chi connectivity index (χ3n) is 2.72. The zero-order valence-electron chi connectivity index (χ0n) is 11.3. The Bertz CT molecular complexity index is 422. The highest BCUT2D eigenvalue weighted by Gasteiger charge is 2.14. The van der Waals surface area contributed by atoms with E-state index in [0.717, 1.165) is 5.56 Å². The van der Waals surface area contributed by atoms with Crippen molar-refractivity contribution in [2.24, 2.45) is 0 Å². The first-order valence-electron chi connectivity index (χ1n) is 5.83. The minimum Gasteiger partial charge on any atom is -0.496 e. The van der Waals surface area contributed by atoms with Crippen LogP contribution < -0.4 is 14.8 Å². The molecule has 0 aromatic heterocycles. The summed E-state index contributed by atoms with van der Waals surface area (Å²) in [5.74, 6) is 0.725. The molecule has 1 rings (SSSR count). The number of hydrogen-bond acceptors (Lipinski definition) is 5. The molecule has 6 heteroatoms. The summed E-state index contributed by atoms with van der Waals surface area (Å²) in [6, 6.07) is 3.19. The first kappa shape index (κ1) is 15.3. The van der Waals surface area contributed by atoms with Gasteiger partial charge in [0.1, 0.15) is 11.5 Å². The molecule has 6 nitrogen and oxygen atoms in total. The first-order valence-corrected chi connectivity index (χ1v) is 5.83. The number of aliphatic hydroxyl groups is 2. The number of carbonyl (C=O) groups is 1. The Labute approximate surface area is 112 Å². The van der Waals surface area contributed by atoms with E-state index in [9.17, 15) is 9.90 Å². The molecule has 1 aromatic carbocycles. The van der Waals surface area contributed by atoms with Crippen LogP contribution in [-0.2, 0) is 0 Å². The molecule has 0 saturated carbocycles. The molecule has 1 atom stereocenters. The largest absolute Gasteiger partial charge is 0.496 e. The Kier molecular flexibility index (Phi) is 5.59. The van der Waals surface area contributed by atoms with Crippen molar-refractivity contribution in [1.82, 2.24) is 5.32 Å². The van der Waals surface area contributed by atoms with Gasteiger partial charge in [0.15, 0.2) is 0 Å². The number of ether oxygens (including phenoxy) is 2. The fraction of sp³-hybridized carbons (Fsp3) is 0.462. The molecular formula is C13H19NO5. The van der Waals surface area contributed by atoms with Crippen molar-refractivity contribution in [3.8, 4) is 11.5 Å². The van der Waals surface area contributed by atoms with Crippen LogP contribution in [0.5, 0.6) is 11.5 Å². The topological polar surface area (TPSA) is 88.0 Å². The Morgan fingerprint density at radius 1 is 1.32 bits per heavy atom. The molecule has 0 heterocycles. The lowest BCUT2D eigenvalue weighted by molar-refractivity contribution is 0.0801. The molecule has 0 aliphatic rings. The number of hydrogen-bond donors (Lipinski definition) is 3. The summed E-state index contributed by atoms with van der Waals surface area (Å²) in [6.07, 6.45) is -0.974. The molecule has 1 amide bonds. The molecule has 0 bridgehead atoms. The number of rotatable bonds is 6. The van der Waals surface area contributed by atoms with Gasteiger partial charge in [-0.05, 0) is 19.1 Å². The molecule has 0 aliphatic heterocycles. The van der Waals surface area contributed by atoms with E-state index >= 15 is 0 Å². The summed E-state index contributed by atoms with van der Waals surface area (Å²) in [4.78, 5) is 11.9. The van der Waals surface area contributed by atoms with E-state index < -0.39 is 12.7 Å². The zero-order valence-corrected chi connectivity index (χ0v) is 11.3. The van der Waals surface area contributed by atoms with E-state index in [-0.39, 0.29) is 12.5 Å². The monoisotopic (exact) mass is 269 g/mol. The molecule has 0 spiro atoms. The van der Waals surface area contributed by atoms with E-state index in [4.69, 9.17) is 14.6 Å². The maximum absolute atomic E-state index is 11.9. The van der Waals surface area contributed by atoms with E-state index in [1.807, 2.05) is 6.92 Å². The third-order valence-corrected chi connectivity index (χ3v) is 2.72. The van der Waals surface area contributed by atoms with Gasteiger partial charge >= 0.3 is 0 Å². The molecule has 1 aromatic rings. The van der Waals surface area contributed by atoms with Gasteiger partial charge < -0.3 is 25.0 Å². The molecule has 106 valence electrons. The normalized spacial score (nSPS) is 11.8. The van der Waals surface area contributed by atoms with Crippen LogP contribution in [0.15, 0.2) is 12.1 Å². The summed E-state index contributed by atoms with van der Waals surface area (Å²) < 4.78 is 10.4. The summed E-state index contributed by atoms with van der Waals surface area (Å²) in [5.41, 5.74) is 1.17. The predicted molar refractivity (Wildman–Crippen MR) is 69.7 cm³/mol. The quantitative estimate of drug-likeness (QED) is 0.681. The number of nitrogens with one attached hydrogen (secondary N) is 1. The van der Waals surface area contributed by atoms with E-state index in [2.05, 4.69) is 5.32 Å². The van der Waals surface area contributed by atoms with Crippen LogP contribution in [0, 0.1) is 6.92 Å². The van der Waals surface area contributed by atoms with Crippen molar-refractivity contribution in [2.45, 2.75) is 13.0 Å². The van der Waals surface area contributed by atoms with Crippen molar-refractivity contribution in [2.75, 3.05) is 27.4 Å². The minimum atomic E-state index is -0.974. The third kappa shape index (κ3) is 3.84. The lowest BCUT2D eigenvalue weighted by Gasteiger charge is -2.13. The zero-order chi connectivity index (χ0) is 14.4. The molecule has 0 saturated heterocycles. The molecule has 19 heavy (non-hydrogen) atoms. The number of aliphatic hydroxyl groups excluding tert-OH is 2. The van der Waals surface area contributed by atoms with Crippen molar-refractivity contribution in [3.05, 3.63) is 23.3 Å².